The first-order valence-corrected chi connectivity index (χ1v) is 11.9. The van der Waals surface area contributed by atoms with Crippen molar-refractivity contribution in [2.75, 3.05) is 50.2 Å². The van der Waals surface area contributed by atoms with Gasteiger partial charge in [0.05, 0.1) is 29.4 Å². The summed E-state index contributed by atoms with van der Waals surface area (Å²) >= 11 is 0. The molecule has 0 spiro atoms. The summed E-state index contributed by atoms with van der Waals surface area (Å²) in [5, 5.41) is 2.67. The molecule has 2 aromatic carbocycles. The van der Waals surface area contributed by atoms with Crippen molar-refractivity contribution in [3.05, 3.63) is 60.2 Å². The van der Waals surface area contributed by atoms with E-state index < -0.39 is 34.2 Å². The van der Waals surface area contributed by atoms with E-state index in [1.165, 1.54) is 30.3 Å². The fourth-order valence-corrected chi connectivity index (χ4v) is 4.85. The molecule has 0 unspecified atom stereocenters. The van der Waals surface area contributed by atoms with Crippen molar-refractivity contribution in [1.29, 1.82) is 0 Å². The molecule has 11 heteroatoms. The Morgan fingerprint density at radius 3 is 2.42 bits per heavy atom. The average Bonchev–Trinajstić information content (AvgIpc) is 2.81. The number of nitrogens with zero attached hydrogens (tertiary/aromatic N) is 2. The van der Waals surface area contributed by atoms with Gasteiger partial charge in [-0.05, 0) is 43.3 Å². The maximum atomic E-state index is 13.2. The van der Waals surface area contributed by atoms with E-state index in [2.05, 4.69) is 10.2 Å². The molecule has 1 saturated heterocycles. The Morgan fingerprint density at radius 2 is 1.76 bits per heavy atom. The molecule has 1 heterocycles. The van der Waals surface area contributed by atoms with Crippen molar-refractivity contribution in [2.45, 2.75) is 17.5 Å². The third kappa shape index (κ3) is 6.92. The molecule has 1 fully saturated rings. The van der Waals surface area contributed by atoms with Crippen LogP contribution >= 0.6 is 0 Å². The molecule has 3 rings (SSSR count). The van der Waals surface area contributed by atoms with Gasteiger partial charge in [-0.2, -0.15) is 13.2 Å². The molecule has 1 N–H and O–H groups in total. The highest BCUT2D eigenvalue weighted by Crippen LogP contribution is 2.33. The Hall–Kier alpha value is -2.63. The maximum absolute atomic E-state index is 13.2. The zero-order valence-electron chi connectivity index (χ0n) is 17.9. The highest BCUT2D eigenvalue weighted by atomic mass is 32.2. The van der Waals surface area contributed by atoms with Gasteiger partial charge in [0.1, 0.15) is 6.54 Å². The van der Waals surface area contributed by atoms with Crippen molar-refractivity contribution in [3.63, 3.8) is 0 Å². The molecule has 0 aliphatic carbocycles. The zero-order chi connectivity index (χ0) is 23.9. The van der Waals surface area contributed by atoms with E-state index in [9.17, 15) is 26.4 Å². The summed E-state index contributed by atoms with van der Waals surface area (Å²) in [4.78, 5) is 14.6. The molecule has 0 atom stereocenters. The molecular weight excluding hydrogens is 459 g/mol. The van der Waals surface area contributed by atoms with Crippen LogP contribution in [0.2, 0.25) is 0 Å². The normalized spacial score (nSPS) is 15.2. The number of nitrogens with one attached hydrogen (secondary N) is 1. The van der Waals surface area contributed by atoms with Crippen LogP contribution in [-0.4, -0.2) is 65.2 Å². The lowest BCUT2D eigenvalue weighted by Crippen LogP contribution is -2.42. The number of carbonyl (C=O) groups excluding carboxylic acids is 1. The van der Waals surface area contributed by atoms with E-state index in [0.29, 0.717) is 30.5 Å². The lowest BCUT2D eigenvalue weighted by Gasteiger charge is -2.27. The largest absolute Gasteiger partial charge is 0.416 e. The average molecular weight is 486 g/mol. The molecule has 0 radical (unpaired) electrons. The van der Waals surface area contributed by atoms with Crippen molar-refractivity contribution in [2.24, 2.45) is 0 Å². The van der Waals surface area contributed by atoms with Gasteiger partial charge in [0.2, 0.25) is 5.91 Å². The molecule has 0 aromatic heterocycles. The minimum absolute atomic E-state index is 0.123. The molecule has 7 nitrogen and oxygen atoms in total. The number of halogens is 3. The van der Waals surface area contributed by atoms with Gasteiger partial charge in [-0.1, -0.05) is 24.3 Å². The predicted molar refractivity (Wildman–Crippen MR) is 117 cm³/mol. The topological polar surface area (TPSA) is 79.0 Å². The van der Waals surface area contributed by atoms with Crippen LogP contribution in [0, 0.1) is 0 Å². The maximum Gasteiger partial charge on any atom is 0.416 e. The Balaban J connectivity index is 1.74. The number of alkyl halides is 3. The summed E-state index contributed by atoms with van der Waals surface area (Å²) in [6.45, 7) is 3.38. The van der Waals surface area contributed by atoms with E-state index in [4.69, 9.17) is 4.74 Å². The number of anilines is 1. The standard InChI is InChI=1S/C22H26F3N3O4S/c23-22(24,25)18-6-4-7-19(16-18)28(33(30,31)20-8-2-1-3-9-20)17-21(29)26-10-5-11-27-12-14-32-15-13-27/h1-4,6-9,16H,5,10-15,17H2,(H,26,29). The van der Waals surface area contributed by atoms with Crippen LogP contribution in [-0.2, 0) is 25.7 Å². The monoisotopic (exact) mass is 485 g/mol. The van der Waals surface area contributed by atoms with E-state index in [0.717, 1.165) is 37.8 Å². The first-order chi connectivity index (χ1) is 15.7. The lowest BCUT2D eigenvalue weighted by molar-refractivity contribution is -0.137. The number of carbonyl (C=O) groups is 1. The SMILES string of the molecule is O=C(CN(c1cccc(C(F)(F)F)c1)S(=O)(=O)c1ccccc1)NCCCN1CCOCC1. The van der Waals surface area contributed by atoms with Gasteiger partial charge in [0.15, 0.2) is 0 Å². The van der Waals surface area contributed by atoms with Crippen molar-refractivity contribution >= 4 is 21.6 Å². The molecular formula is C22H26F3N3O4S. The number of benzene rings is 2. The van der Waals surface area contributed by atoms with Gasteiger partial charge in [-0.3, -0.25) is 14.0 Å². The van der Waals surface area contributed by atoms with Gasteiger partial charge >= 0.3 is 6.18 Å². The molecule has 1 aliphatic rings. The first kappa shape index (κ1) is 25.0. The van der Waals surface area contributed by atoms with Crippen LogP contribution in [0.1, 0.15) is 12.0 Å². The molecule has 1 aliphatic heterocycles. The second-order valence-electron chi connectivity index (χ2n) is 7.53. The minimum Gasteiger partial charge on any atom is -0.379 e. The van der Waals surface area contributed by atoms with Crippen molar-refractivity contribution in [3.8, 4) is 0 Å². The molecule has 0 saturated carbocycles. The number of hydrogen-bond donors (Lipinski definition) is 1. The highest BCUT2D eigenvalue weighted by molar-refractivity contribution is 7.92. The van der Waals surface area contributed by atoms with E-state index >= 15 is 0 Å². The van der Waals surface area contributed by atoms with Crippen molar-refractivity contribution in [1.82, 2.24) is 10.2 Å². The predicted octanol–water partition coefficient (Wildman–Crippen LogP) is 2.74. The molecule has 180 valence electrons. The number of ether oxygens (including phenoxy) is 1. The summed E-state index contributed by atoms with van der Waals surface area (Å²) in [6, 6.07) is 11.2. The van der Waals surface area contributed by atoms with Gasteiger partial charge in [0, 0.05) is 19.6 Å². The van der Waals surface area contributed by atoms with Crippen LogP contribution < -0.4 is 9.62 Å². The number of sulfonamides is 1. The number of morpholine rings is 1. The quantitative estimate of drug-likeness (QED) is 0.553. The zero-order valence-corrected chi connectivity index (χ0v) is 18.7. The Kier molecular flexibility index (Phi) is 8.33. The molecule has 0 bridgehead atoms. The van der Waals surface area contributed by atoms with Crippen LogP contribution in [0.15, 0.2) is 59.5 Å². The summed E-state index contributed by atoms with van der Waals surface area (Å²) in [5.41, 5.74) is -1.24. The third-order valence-electron chi connectivity index (χ3n) is 5.16. The Bertz CT molecular complexity index is 1030. The highest BCUT2D eigenvalue weighted by Gasteiger charge is 2.33. The molecule has 2 aromatic rings. The summed E-state index contributed by atoms with van der Waals surface area (Å²) < 4.78 is 72.1. The second kappa shape index (κ2) is 11.0. The Morgan fingerprint density at radius 1 is 1.06 bits per heavy atom. The minimum atomic E-state index is -4.65. The van der Waals surface area contributed by atoms with Crippen LogP contribution in [0.3, 0.4) is 0 Å². The summed E-state index contributed by atoms with van der Waals surface area (Å²) in [6.07, 6.45) is -4.00. The van der Waals surface area contributed by atoms with Gasteiger partial charge in [0.25, 0.3) is 10.0 Å². The van der Waals surface area contributed by atoms with Crippen molar-refractivity contribution < 1.29 is 31.1 Å². The number of amides is 1. The number of rotatable bonds is 9. The van der Waals surface area contributed by atoms with Gasteiger partial charge < -0.3 is 10.1 Å². The fourth-order valence-electron chi connectivity index (χ4n) is 3.41. The van der Waals surface area contributed by atoms with Crippen LogP contribution in [0.4, 0.5) is 18.9 Å². The number of hydrogen-bond acceptors (Lipinski definition) is 5. The van der Waals surface area contributed by atoms with Crippen LogP contribution in [0.5, 0.6) is 0 Å². The third-order valence-corrected chi connectivity index (χ3v) is 6.94. The lowest BCUT2D eigenvalue weighted by atomic mass is 10.2. The summed E-state index contributed by atoms with van der Waals surface area (Å²) in [5.74, 6) is -0.603. The van der Waals surface area contributed by atoms with E-state index in [-0.39, 0.29) is 10.6 Å². The molecule has 33 heavy (non-hydrogen) atoms. The smallest absolute Gasteiger partial charge is 0.379 e. The van der Waals surface area contributed by atoms with E-state index in [1.807, 2.05) is 0 Å². The fraction of sp³-hybridized carbons (Fsp3) is 0.409. The van der Waals surface area contributed by atoms with Gasteiger partial charge in [-0.15, -0.1) is 0 Å². The van der Waals surface area contributed by atoms with E-state index in [1.54, 1.807) is 6.07 Å². The summed E-state index contributed by atoms with van der Waals surface area (Å²) in [7, 11) is -4.28. The van der Waals surface area contributed by atoms with Gasteiger partial charge in [-0.25, -0.2) is 8.42 Å². The second-order valence-corrected chi connectivity index (χ2v) is 9.39. The Labute approximate surface area is 191 Å². The molecule has 1 amide bonds. The first-order valence-electron chi connectivity index (χ1n) is 10.5. The van der Waals surface area contributed by atoms with Crippen LogP contribution in [0.25, 0.3) is 0 Å².